The Labute approximate surface area is 382 Å². The molecule has 0 aromatic carbocycles. The first-order chi connectivity index (χ1) is 30.6. The molecule has 0 aliphatic rings. The van der Waals surface area contributed by atoms with Gasteiger partial charge in [0.1, 0.15) is 6.61 Å². The Balaban J connectivity index is 3.63. The average Bonchev–Trinajstić information content (AvgIpc) is 3.28. The number of hydrogen-bond donors (Lipinski definition) is 1. The quantitative estimate of drug-likeness (QED) is 0.0375. The van der Waals surface area contributed by atoms with Crippen LogP contribution in [0.2, 0.25) is 0 Å². The van der Waals surface area contributed by atoms with Gasteiger partial charge in [-0.3, -0.25) is 9.59 Å². The van der Waals surface area contributed by atoms with E-state index in [1.54, 1.807) is 0 Å². The molecule has 5 heteroatoms. The summed E-state index contributed by atoms with van der Waals surface area (Å²) in [5.41, 5.74) is 0. The molecular formula is C57H94O5. The van der Waals surface area contributed by atoms with E-state index in [1.807, 2.05) is 0 Å². The van der Waals surface area contributed by atoms with Gasteiger partial charge in [0.25, 0.3) is 0 Å². The zero-order chi connectivity index (χ0) is 44.9. The number of esters is 2. The van der Waals surface area contributed by atoms with Crippen molar-refractivity contribution >= 4 is 11.9 Å². The van der Waals surface area contributed by atoms with E-state index in [1.165, 1.54) is 96.3 Å². The van der Waals surface area contributed by atoms with Crippen LogP contribution in [0.25, 0.3) is 0 Å². The number of unbranched alkanes of at least 4 members (excludes halogenated alkanes) is 19. The van der Waals surface area contributed by atoms with Gasteiger partial charge in [0.05, 0.1) is 6.61 Å². The minimum atomic E-state index is -0.799. The molecule has 0 fully saturated rings. The standard InChI is InChI=1S/C57H94O5/c1-3-5-7-9-11-13-15-17-19-21-23-25-27-28-30-32-34-36-38-40-42-44-46-48-50-52-57(60)62-55(53-58)54-61-56(59)51-49-47-45-43-41-39-37-35-33-31-29-26-24-22-20-18-16-14-12-10-8-6-4-2/h5,7,11,13,16-19,22-25,28,30,34,36,40,42,55,58H,3-4,6,8-10,12,14-15,20-21,26-27,29,31-33,35,37-39,41,43-54H2,1-2H3/b7-5-,13-11-,18-16-,19-17-,24-22-,25-23-,30-28-,36-34-,42-40-. The SMILES string of the molecule is CC/C=C\C/C=C\C/C=C\C/C=C\C/C=C\C/C=C\C/C=C\CCCCCC(=O)OC(CO)COC(=O)CCCCCCCCCCCCC/C=C\C/C=C\CCCCCCC. The van der Waals surface area contributed by atoms with Crippen molar-refractivity contribution < 1.29 is 24.2 Å². The minimum Gasteiger partial charge on any atom is -0.462 e. The van der Waals surface area contributed by atoms with E-state index in [2.05, 4.69) is 123 Å². The van der Waals surface area contributed by atoms with Crippen molar-refractivity contribution in [2.75, 3.05) is 13.2 Å². The van der Waals surface area contributed by atoms with E-state index in [4.69, 9.17) is 9.47 Å². The lowest BCUT2D eigenvalue weighted by molar-refractivity contribution is -0.161. The van der Waals surface area contributed by atoms with Gasteiger partial charge < -0.3 is 14.6 Å². The lowest BCUT2D eigenvalue weighted by Crippen LogP contribution is -2.28. The van der Waals surface area contributed by atoms with Crippen LogP contribution >= 0.6 is 0 Å². The summed E-state index contributed by atoms with van der Waals surface area (Å²) in [5.74, 6) is -0.636. The van der Waals surface area contributed by atoms with E-state index < -0.39 is 6.10 Å². The number of rotatable bonds is 45. The van der Waals surface area contributed by atoms with Gasteiger partial charge in [0, 0.05) is 12.8 Å². The molecule has 1 N–H and O–H groups in total. The van der Waals surface area contributed by atoms with Crippen molar-refractivity contribution in [1.29, 1.82) is 0 Å². The van der Waals surface area contributed by atoms with Crippen LogP contribution in [0.1, 0.15) is 219 Å². The maximum absolute atomic E-state index is 12.3. The summed E-state index contributed by atoms with van der Waals surface area (Å²) in [6.45, 7) is 3.99. The van der Waals surface area contributed by atoms with E-state index in [-0.39, 0.29) is 25.2 Å². The van der Waals surface area contributed by atoms with Crippen molar-refractivity contribution in [3.8, 4) is 0 Å². The highest BCUT2D eigenvalue weighted by molar-refractivity contribution is 5.70. The minimum absolute atomic E-state index is 0.0870. The van der Waals surface area contributed by atoms with Crippen molar-refractivity contribution in [3.63, 3.8) is 0 Å². The predicted octanol–water partition coefficient (Wildman–Crippen LogP) is 17.0. The normalized spacial score (nSPS) is 13.1. The van der Waals surface area contributed by atoms with Gasteiger partial charge in [0.2, 0.25) is 0 Å². The van der Waals surface area contributed by atoms with Gasteiger partial charge in [-0.25, -0.2) is 0 Å². The number of carbonyl (C=O) groups is 2. The summed E-state index contributed by atoms with van der Waals surface area (Å²) >= 11 is 0. The van der Waals surface area contributed by atoms with Gasteiger partial charge >= 0.3 is 11.9 Å². The molecule has 0 saturated heterocycles. The number of aliphatic hydroxyl groups excluding tert-OH is 1. The predicted molar refractivity (Wildman–Crippen MR) is 269 cm³/mol. The summed E-state index contributed by atoms with van der Waals surface area (Å²) in [6.07, 6.45) is 74.6. The summed E-state index contributed by atoms with van der Waals surface area (Å²) in [6, 6.07) is 0. The van der Waals surface area contributed by atoms with Gasteiger partial charge in [-0.15, -0.1) is 0 Å². The van der Waals surface area contributed by atoms with Crippen LogP contribution in [0.15, 0.2) is 109 Å². The van der Waals surface area contributed by atoms with Crippen LogP contribution < -0.4 is 0 Å². The Hall–Kier alpha value is -3.44. The van der Waals surface area contributed by atoms with Crippen LogP contribution in [-0.4, -0.2) is 36.4 Å². The van der Waals surface area contributed by atoms with Gasteiger partial charge in [-0.05, 0) is 103 Å². The molecule has 5 nitrogen and oxygen atoms in total. The Kier molecular flexibility index (Phi) is 49.0. The lowest BCUT2D eigenvalue weighted by Gasteiger charge is -2.15. The monoisotopic (exact) mass is 859 g/mol. The number of hydrogen-bond acceptors (Lipinski definition) is 5. The fourth-order valence-electron chi connectivity index (χ4n) is 6.74. The van der Waals surface area contributed by atoms with Crippen molar-refractivity contribution in [2.45, 2.75) is 225 Å². The summed E-state index contributed by atoms with van der Waals surface area (Å²) < 4.78 is 10.7. The van der Waals surface area contributed by atoms with Crippen molar-refractivity contribution in [3.05, 3.63) is 109 Å². The van der Waals surface area contributed by atoms with Crippen LogP contribution in [0.5, 0.6) is 0 Å². The van der Waals surface area contributed by atoms with Gasteiger partial charge in [-0.2, -0.15) is 0 Å². The Morgan fingerprint density at radius 1 is 0.387 bits per heavy atom. The Bertz CT molecular complexity index is 1250. The van der Waals surface area contributed by atoms with Gasteiger partial charge in [0.15, 0.2) is 6.10 Å². The number of allylic oxidation sites excluding steroid dienone is 18. The first-order valence-corrected chi connectivity index (χ1v) is 25.4. The molecule has 0 aromatic rings. The highest BCUT2D eigenvalue weighted by Gasteiger charge is 2.16. The van der Waals surface area contributed by atoms with E-state index in [0.717, 1.165) is 96.3 Å². The van der Waals surface area contributed by atoms with Crippen LogP contribution in [0.3, 0.4) is 0 Å². The molecule has 0 amide bonds. The van der Waals surface area contributed by atoms with E-state index in [9.17, 15) is 14.7 Å². The fraction of sp³-hybridized carbons (Fsp3) is 0.649. The maximum atomic E-state index is 12.3. The highest BCUT2D eigenvalue weighted by Crippen LogP contribution is 2.14. The smallest absolute Gasteiger partial charge is 0.306 e. The number of ether oxygens (including phenoxy) is 2. The molecule has 0 bridgehead atoms. The fourth-order valence-corrected chi connectivity index (χ4v) is 6.74. The largest absolute Gasteiger partial charge is 0.462 e. The summed E-state index contributed by atoms with van der Waals surface area (Å²) in [4.78, 5) is 24.5. The molecule has 0 heterocycles. The Morgan fingerprint density at radius 2 is 0.694 bits per heavy atom. The Morgan fingerprint density at radius 3 is 1.06 bits per heavy atom. The third-order valence-electron chi connectivity index (χ3n) is 10.6. The number of carbonyl (C=O) groups excluding carboxylic acids is 2. The molecule has 0 spiro atoms. The topological polar surface area (TPSA) is 72.8 Å². The lowest BCUT2D eigenvalue weighted by atomic mass is 10.0. The van der Waals surface area contributed by atoms with E-state index in [0.29, 0.717) is 12.8 Å². The second kappa shape index (κ2) is 51.9. The third-order valence-corrected chi connectivity index (χ3v) is 10.6. The summed E-state index contributed by atoms with van der Waals surface area (Å²) in [7, 11) is 0. The van der Waals surface area contributed by atoms with Crippen LogP contribution in [0.4, 0.5) is 0 Å². The highest BCUT2D eigenvalue weighted by atomic mass is 16.6. The molecule has 1 atom stereocenters. The van der Waals surface area contributed by atoms with Crippen molar-refractivity contribution in [2.24, 2.45) is 0 Å². The number of aliphatic hydroxyl groups is 1. The summed E-state index contributed by atoms with van der Waals surface area (Å²) in [5, 5.41) is 9.62. The molecule has 0 aromatic heterocycles. The molecule has 1 unspecified atom stereocenters. The zero-order valence-electron chi connectivity index (χ0n) is 40.1. The molecule has 0 rings (SSSR count). The van der Waals surface area contributed by atoms with Crippen molar-refractivity contribution in [1.82, 2.24) is 0 Å². The zero-order valence-corrected chi connectivity index (χ0v) is 40.1. The first kappa shape index (κ1) is 58.6. The van der Waals surface area contributed by atoms with Gasteiger partial charge in [-0.1, -0.05) is 213 Å². The maximum Gasteiger partial charge on any atom is 0.306 e. The molecule has 0 aliphatic heterocycles. The molecule has 0 aliphatic carbocycles. The molecule has 352 valence electrons. The average molecular weight is 859 g/mol. The third kappa shape index (κ3) is 49.2. The molecule has 0 saturated carbocycles. The second-order valence-corrected chi connectivity index (χ2v) is 16.5. The molecule has 0 radical (unpaired) electrons. The van der Waals surface area contributed by atoms with Crippen LogP contribution in [0, 0.1) is 0 Å². The molecular weight excluding hydrogens is 765 g/mol. The van der Waals surface area contributed by atoms with E-state index >= 15 is 0 Å². The second-order valence-electron chi connectivity index (χ2n) is 16.5. The van der Waals surface area contributed by atoms with Crippen LogP contribution in [-0.2, 0) is 19.1 Å². The first-order valence-electron chi connectivity index (χ1n) is 25.4. The molecule has 62 heavy (non-hydrogen) atoms.